The minimum atomic E-state index is -0.874. The van der Waals surface area contributed by atoms with Crippen LogP contribution in [-0.2, 0) is 27.8 Å². The number of amidine groups is 1. The largest absolute Gasteiger partial charge is 0.387 e. The van der Waals surface area contributed by atoms with Crippen molar-refractivity contribution in [2.24, 2.45) is 21.5 Å². The van der Waals surface area contributed by atoms with Gasteiger partial charge in [-0.3, -0.25) is 5.41 Å². The second-order valence-electron chi connectivity index (χ2n) is 8.63. The lowest BCUT2D eigenvalue weighted by Gasteiger charge is -2.37. The number of aryl methyl sites for hydroxylation is 2. The van der Waals surface area contributed by atoms with Gasteiger partial charge in [-0.25, -0.2) is 9.59 Å². The van der Waals surface area contributed by atoms with E-state index in [2.05, 4.69) is 9.98 Å². The van der Waals surface area contributed by atoms with Crippen LogP contribution in [0.3, 0.4) is 0 Å². The van der Waals surface area contributed by atoms with Crippen LogP contribution >= 0.6 is 0 Å². The quantitative estimate of drug-likeness (QED) is 0.351. The summed E-state index contributed by atoms with van der Waals surface area (Å²) in [5.41, 5.74) is 17.6. The summed E-state index contributed by atoms with van der Waals surface area (Å²) in [5, 5.41) is 8.68. The number of hydrogen-bond donors (Lipinski definition) is 3. The monoisotopic (exact) mass is 431 g/mol. The van der Waals surface area contributed by atoms with E-state index in [0.29, 0.717) is 6.42 Å². The molecule has 0 saturated carbocycles. The number of isocyanates is 2. The lowest BCUT2D eigenvalue weighted by Crippen LogP contribution is -2.46. The molecule has 5 N–H and O–H groups in total. The Morgan fingerprint density at radius 1 is 0.969 bits per heavy atom. The molecular weight excluding hydrogens is 402 g/mol. The van der Waals surface area contributed by atoms with Crippen molar-refractivity contribution >= 4 is 18.0 Å². The number of fused-ring (bicyclic) bond motifs is 2. The van der Waals surface area contributed by atoms with Gasteiger partial charge in [-0.05, 0) is 73.4 Å². The Morgan fingerprint density at radius 2 is 1.41 bits per heavy atom. The van der Waals surface area contributed by atoms with E-state index in [0.717, 1.165) is 46.2 Å². The lowest BCUT2D eigenvalue weighted by molar-refractivity contribution is 0.533. The Hall–Kier alpha value is -3.37. The highest BCUT2D eigenvalue weighted by Crippen LogP contribution is 2.44. The summed E-state index contributed by atoms with van der Waals surface area (Å²) in [6, 6.07) is 11.1. The number of nitrogens with one attached hydrogen (secondary N) is 1. The van der Waals surface area contributed by atoms with Crippen LogP contribution in [0.1, 0.15) is 72.7 Å². The fourth-order valence-corrected chi connectivity index (χ4v) is 4.82. The topological polar surface area (TPSA) is 135 Å². The van der Waals surface area contributed by atoms with E-state index in [9.17, 15) is 9.59 Å². The summed E-state index contributed by atoms with van der Waals surface area (Å²) in [4.78, 5) is 29.2. The van der Waals surface area contributed by atoms with E-state index >= 15 is 0 Å². The fraction of sp³-hybridized carbons (Fsp3) is 0.400. The average molecular weight is 432 g/mol. The molecule has 32 heavy (non-hydrogen) atoms. The molecule has 0 fully saturated rings. The first kappa shape index (κ1) is 23.3. The van der Waals surface area contributed by atoms with Crippen molar-refractivity contribution in [2.45, 2.75) is 63.6 Å². The van der Waals surface area contributed by atoms with Gasteiger partial charge in [0.25, 0.3) is 0 Å². The molecule has 0 amide bonds. The molecule has 166 valence electrons. The van der Waals surface area contributed by atoms with E-state index in [-0.39, 0.29) is 24.0 Å². The molecule has 0 aromatic heterocycles. The molecule has 7 heteroatoms. The highest BCUT2D eigenvalue weighted by atomic mass is 16.1. The van der Waals surface area contributed by atoms with E-state index in [1.807, 2.05) is 57.2 Å². The predicted molar refractivity (Wildman–Crippen MR) is 124 cm³/mol. The molecule has 1 aliphatic carbocycles. The third-order valence-electron chi connectivity index (χ3n) is 6.39. The number of aliphatic imine (C=N–C) groups is 2. The van der Waals surface area contributed by atoms with Crippen LogP contribution in [0.15, 0.2) is 46.4 Å². The van der Waals surface area contributed by atoms with Crippen LogP contribution < -0.4 is 11.5 Å². The zero-order valence-electron chi connectivity index (χ0n) is 18.7. The maximum absolute atomic E-state index is 10.7. The molecule has 2 unspecified atom stereocenters. The van der Waals surface area contributed by atoms with Crippen molar-refractivity contribution in [2.75, 3.05) is 0 Å². The third kappa shape index (κ3) is 4.19. The summed E-state index contributed by atoms with van der Waals surface area (Å²) >= 11 is 0. The first-order valence-corrected chi connectivity index (χ1v) is 10.7. The van der Waals surface area contributed by atoms with E-state index in [1.54, 1.807) is 12.2 Å². The summed E-state index contributed by atoms with van der Waals surface area (Å²) in [6.07, 6.45) is 5.20. The molecule has 0 radical (unpaired) electrons. The Morgan fingerprint density at radius 3 is 1.75 bits per heavy atom. The molecule has 0 heterocycles. The zero-order chi connectivity index (χ0) is 23.5. The number of benzene rings is 2. The van der Waals surface area contributed by atoms with E-state index in [1.165, 1.54) is 0 Å². The normalized spacial score (nSPS) is 19.8. The van der Waals surface area contributed by atoms with Crippen LogP contribution in [0, 0.1) is 5.41 Å². The highest BCUT2D eigenvalue weighted by Gasteiger charge is 2.43. The van der Waals surface area contributed by atoms with Gasteiger partial charge in [-0.1, -0.05) is 36.4 Å². The van der Waals surface area contributed by atoms with Crippen molar-refractivity contribution < 1.29 is 9.59 Å². The molecule has 2 aromatic carbocycles. The van der Waals surface area contributed by atoms with Gasteiger partial charge in [-0.2, -0.15) is 9.98 Å². The van der Waals surface area contributed by atoms with Crippen molar-refractivity contribution in [1.29, 1.82) is 5.41 Å². The zero-order valence-corrected chi connectivity index (χ0v) is 18.7. The van der Waals surface area contributed by atoms with Crippen molar-refractivity contribution in [3.8, 4) is 0 Å². The van der Waals surface area contributed by atoms with Gasteiger partial charge in [0.15, 0.2) is 0 Å². The average Bonchev–Trinajstić information content (AvgIpc) is 2.88. The van der Waals surface area contributed by atoms with Gasteiger partial charge in [0.1, 0.15) is 5.84 Å². The third-order valence-corrected chi connectivity index (χ3v) is 6.39. The molecule has 7 nitrogen and oxygen atoms in total. The minimum Gasteiger partial charge on any atom is -0.387 e. The smallest absolute Gasteiger partial charge is 0.235 e. The van der Waals surface area contributed by atoms with E-state index in [4.69, 9.17) is 16.9 Å². The van der Waals surface area contributed by atoms with Crippen molar-refractivity contribution in [1.82, 2.24) is 0 Å². The van der Waals surface area contributed by atoms with Gasteiger partial charge in [0.05, 0.1) is 17.5 Å². The summed E-state index contributed by atoms with van der Waals surface area (Å²) in [6.45, 7) is 5.61. The maximum atomic E-state index is 10.7. The van der Waals surface area contributed by atoms with Crippen LogP contribution in [0.4, 0.5) is 0 Å². The summed E-state index contributed by atoms with van der Waals surface area (Å²) in [5.74, 6) is 0.0395. The van der Waals surface area contributed by atoms with Crippen LogP contribution in [-0.4, -0.2) is 24.0 Å². The number of nitrogens with two attached hydrogens (primary N) is 2. The molecule has 0 aliphatic heterocycles. The fourth-order valence-electron chi connectivity index (χ4n) is 4.82. The lowest BCUT2D eigenvalue weighted by atomic mass is 9.67. The van der Waals surface area contributed by atoms with Crippen LogP contribution in [0.2, 0.25) is 0 Å². The van der Waals surface area contributed by atoms with Gasteiger partial charge in [0.2, 0.25) is 12.2 Å². The second kappa shape index (κ2) is 9.41. The molecule has 3 rings (SSSR count). The number of nitrogens with zero attached hydrogens (tertiary/aromatic N) is 2. The number of hydrogen-bond acceptors (Lipinski definition) is 6. The Balaban J connectivity index is 2.28. The summed E-state index contributed by atoms with van der Waals surface area (Å²) in [7, 11) is 0. The molecule has 0 bridgehead atoms. The molecule has 0 spiro atoms. The molecule has 3 atom stereocenters. The number of rotatable bonds is 7. The van der Waals surface area contributed by atoms with Gasteiger partial charge >= 0.3 is 0 Å². The first-order chi connectivity index (χ1) is 15.2. The maximum Gasteiger partial charge on any atom is 0.235 e. The first-order valence-electron chi connectivity index (χ1n) is 10.7. The molecular formula is C25H29N5O2. The minimum absolute atomic E-state index is 0.0395. The standard InChI is InChI=1S/C25H29N5O2/c1-15(26)12-25(24(27)28)22-8-6-18(16(2)29-13-31)10-20(22)4-5-21-11-19(7-9-23(21)25)17(3)30-14-32/h6-11,15-17H,4-5,12,26H2,1-3H3,(H3,27,28)/t15-,16?,17?,25?/m0/s1. The Labute approximate surface area is 188 Å². The predicted octanol–water partition coefficient (Wildman–Crippen LogP) is 3.54. The van der Waals surface area contributed by atoms with Gasteiger partial charge in [0, 0.05) is 6.04 Å². The summed E-state index contributed by atoms with van der Waals surface area (Å²) < 4.78 is 0. The molecule has 2 aromatic rings. The van der Waals surface area contributed by atoms with Gasteiger partial charge in [-0.15, -0.1) is 0 Å². The van der Waals surface area contributed by atoms with Crippen LogP contribution in [0.25, 0.3) is 0 Å². The van der Waals surface area contributed by atoms with E-state index < -0.39 is 5.41 Å². The molecule has 1 aliphatic rings. The molecule has 0 saturated heterocycles. The SMILES string of the molecule is CC(N=C=O)c1ccc2c(c1)CCc1cc(C(C)N=C=O)ccc1C2(C[C@H](C)N)C(=N)N. The highest BCUT2D eigenvalue weighted by molar-refractivity contribution is 5.94. The van der Waals surface area contributed by atoms with Crippen molar-refractivity contribution in [3.63, 3.8) is 0 Å². The Kier molecular flexibility index (Phi) is 6.85. The van der Waals surface area contributed by atoms with Gasteiger partial charge < -0.3 is 11.5 Å². The van der Waals surface area contributed by atoms with Crippen molar-refractivity contribution in [3.05, 3.63) is 69.8 Å². The second-order valence-corrected chi connectivity index (χ2v) is 8.63. The number of carbonyl (C=O) groups excluding carboxylic acids is 2. The Bertz CT molecular complexity index is 1050. The van der Waals surface area contributed by atoms with Crippen LogP contribution in [0.5, 0.6) is 0 Å².